The van der Waals surface area contributed by atoms with Gasteiger partial charge >= 0.3 is 5.97 Å². The molecule has 0 aliphatic rings. The number of nitrogens with zero attached hydrogens (tertiary/aromatic N) is 1. The van der Waals surface area contributed by atoms with E-state index in [-0.39, 0.29) is 21.5 Å². The van der Waals surface area contributed by atoms with Crippen molar-refractivity contribution in [3.8, 4) is 0 Å². The fourth-order valence-corrected chi connectivity index (χ4v) is 3.80. The standard InChI is InChI=1S/C20H23ClN2O5S/c1-4-14(2)22-19(24)13-28-20(25)17-12-16(10-11-18(17)21)29(26,27)23(3)15-8-6-5-7-9-15/h5-12,14H,4,13H2,1-3H3,(H,22,24)/t14-/m0/s1. The minimum absolute atomic E-state index is 0.0265. The molecule has 1 amide bonds. The molecular weight excluding hydrogens is 416 g/mol. The third-order valence-electron chi connectivity index (χ3n) is 4.29. The molecule has 0 aliphatic heterocycles. The van der Waals surface area contributed by atoms with Gasteiger partial charge in [-0.25, -0.2) is 13.2 Å². The molecule has 0 fully saturated rings. The minimum atomic E-state index is -3.93. The van der Waals surface area contributed by atoms with E-state index in [1.54, 1.807) is 30.3 Å². The van der Waals surface area contributed by atoms with Crippen LogP contribution < -0.4 is 9.62 Å². The van der Waals surface area contributed by atoms with E-state index in [2.05, 4.69) is 5.32 Å². The van der Waals surface area contributed by atoms with Crippen LogP contribution in [0.1, 0.15) is 30.6 Å². The lowest BCUT2D eigenvalue weighted by atomic mass is 10.2. The zero-order chi connectivity index (χ0) is 21.6. The van der Waals surface area contributed by atoms with Crippen molar-refractivity contribution in [3.05, 3.63) is 59.1 Å². The molecule has 0 radical (unpaired) electrons. The van der Waals surface area contributed by atoms with Crippen LogP contribution in [0.5, 0.6) is 0 Å². The van der Waals surface area contributed by atoms with E-state index in [0.29, 0.717) is 5.69 Å². The summed E-state index contributed by atoms with van der Waals surface area (Å²) < 4.78 is 31.9. The van der Waals surface area contributed by atoms with Gasteiger partial charge in [-0.05, 0) is 43.7 Å². The number of halogens is 1. The second-order valence-corrected chi connectivity index (χ2v) is 8.78. The monoisotopic (exact) mass is 438 g/mol. The SMILES string of the molecule is CC[C@H](C)NC(=O)COC(=O)c1cc(S(=O)(=O)N(C)c2ccccc2)ccc1Cl. The Balaban J connectivity index is 2.20. The normalized spacial score (nSPS) is 12.1. The van der Waals surface area contributed by atoms with Gasteiger partial charge in [-0.3, -0.25) is 9.10 Å². The quantitative estimate of drug-likeness (QED) is 0.638. The van der Waals surface area contributed by atoms with Gasteiger partial charge in [0.25, 0.3) is 15.9 Å². The molecule has 0 aromatic heterocycles. The summed E-state index contributed by atoms with van der Waals surface area (Å²) in [5.74, 6) is -1.33. The molecule has 2 aromatic rings. The van der Waals surface area contributed by atoms with Gasteiger partial charge in [0.2, 0.25) is 0 Å². The molecule has 29 heavy (non-hydrogen) atoms. The Morgan fingerprint density at radius 2 is 1.83 bits per heavy atom. The van der Waals surface area contributed by atoms with E-state index in [0.717, 1.165) is 16.8 Å². The molecule has 2 rings (SSSR count). The van der Waals surface area contributed by atoms with Gasteiger partial charge in [0.1, 0.15) is 0 Å². The molecule has 0 bridgehead atoms. The molecule has 9 heteroatoms. The van der Waals surface area contributed by atoms with Gasteiger partial charge in [0, 0.05) is 13.1 Å². The number of ether oxygens (including phenoxy) is 1. The summed E-state index contributed by atoms with van der Waals surface area (Å²) >= 11 is 6.05. The molecule has 7 nitrogen and oxygen atoms in total. The average Bonchev–Trinajstić information content (AvgIpc) is 2.72. The van der Waals surface area contributed by atoms with Gasteiger partial charge in [-0.1, -0.05) is 36.7 Å². The van der Waals surface area contributed by atoms with Crippen LogP contribution in [0.15, 0.2) is 53.4 Å². The van der Waals surface area contributed by atoms with E-state index >= 15 is 0 Å². The van der Waals surface area contributed by atoms with Gasteiger partial charge in [-0.2, -0.15) is 0 Å². The predicted octanol–water partition coefficient (Wildman–Crippen LogP) is 3.24. The third-order valence-corrected chi connectivity index (χ3v) is 6.40. The van der Waals surface area contributed by atoms with Gasteiger partial charge in [0.15, 0.2) is 6.61 Å². The van der Waals surface area contributed by atoms with Crippen molar-refractivity contribution >= 4 is 39.2 Å². The number of hydrogen-bond donors (Lipinski definition) is 1. The summed E-state index contributed by atoms with van der Waals surface area (Å²) in [4.78, 5) is 24.0. The molecule has 156 valence electrons. The van der Waals surface area contributed by atoms with Gasteiger partial charge < -0.3 is 10.1 Å². The number of sulfonamides is 1. The van der Waals surface area contributed by atoms with Crippen molar-refractivity contribution in [3.63, 3.8) is 0 Å². The van der Waals surface area contributed by atoms with E-state index in [9.17, 15) is 18.0 Å². The number of benzene rings is 2. The van der Waals surface area contributed by atoms with Crippen molar-refractivity contribution in [2.75, 3.05) is 18.0 Å². The van der Waals surface area contributed by atoms with Crippen molar-refractivity contribution in [2.45, 2.75) is 31.2 Å². The van der Waals surface area contributed by atoms with E-state index in [4.69, 9.17) is 16.3 Å². The molecule has 1 N–H and O–H groups in total. The molecule has 0 unspecified atom stereocenters. The van der Waals surface area contributed by atoms with Crippen molar-refractivity contribution in [1.82, 2.24) is 5.32 Å². The number of hydrogen-bond acceptors (Lipinski definition) is 5. The number of nitrogens with one attached hydrogen (secondary N) is 1. The molecule has 2 aromatic carbocycles. The lowest BCUT2D eigenvalue weighted by Crippen LogP contribution is -2.35. The number of esters is 1. The summed E-state index contributed by atoms with van der Waals surface area (Å²) in [5.41, 5.74) is 0.332. The lowest BCUT2D eigenvalue weighted by Gasteiger charge is -2.20. The van der Waals surface area contributed by atoms with Crippen LogP contribution in [-0.4, -0.2) is 40.0 Å². The van der Waals surface area contributed by atoms with Crippen LogP contribution in [0.3, 0.4) is 0 Å². The van der Waals surface area contributed by atoms with Crippen LogP contribution in [-0.2, 0) is 19.6 Å². The summed E-state index contributed by atoms with van der Waals surface area (Å²) in [7, 11) is -2.51. The Hall–Kier alpha value is -2.58. The number of carbonyl (C=O) groups excluding carboxylic acids is 2. The first-order valence-corrected chi connectivity index (χ1v) is 10.8. The molecule has 0 saturated heterocycles. The smallest absolute Gasteiger partial charge is 0.340 e. The Labute approximate surface area is 175 Å². The summed E-state index contributed by atoms with van der Waals surface area (Å²) in [6.07, 6.45) is 0.736. The summed E-state index contributed by atoms with van der Waals surface area (Å²) in [5, 5.41) is 2.69. The van der Waals surface area contributed by atoms with Crippen LogP contribution in [0.25, 0.3) is 0 Å². The zero-order valence-electron chi connectivity index (χ0n) is 16.4. The highest BCUT2D eigenvalue weighted by Crippen LogP contribution is 2.26. The average molecular weight is 439 g/mol. The summed E-state index contributed by atoms with van der Waals surface area (Å²) in [6, 6.07) is 12.2. The minimum Gasteiger partial charge on any atom is -0.452 e. The van der Waals surface area contributed by atoms with Crippen molar-refractivity contribution in [1.29, 1.82) is 0 Å². The summed E-state index contributed by atoms with van der Waals surface area (Å²) in [6.45, 7) is 3.25. The first-order chi connectivity index (χ1) is 13.7. The van der Waals surface area contributed by atoms with Crippen LogP contribution in [0, 0.1) is 0 Å². The Kier molecular flexibility index (Phi) is 7.64. The molecular formula is C20H23ClN2O5S. The van der Waals surface area contributed by atoms with E-state index in [1.165, 1.54) is 19.2 Å². The number of carbonyl (C=O) groups is 2. The Morgan fingerprint density at radius 1 is 1.17 bits per heavy atom. The fraction of sp³-hybridized carbons (Fsp3) is 0.300. The highest BCUT2D eigenvalue weighted by Gasteiger charge is 2.24. The largest absolute Gasteiger partial charge is 0.452 e. The highest BCUT2D eigenvalue weighted by molar-refractivity contribution is 7.92. The van der Waals surface area contributed by atoms with Gasteiger partial charge in [0.05, 0.1) is 21.2 Å². The van der Waals surface area contributed by atoms with Crippen LogP contribution >= 0.6 is 11.6 Å². The van der Waals surface area contributed by atoms with Gasteiger partial charge in [-0.15, -0.1) is 0 Å². The second kappa shape index (κ2) is 9.76. The third kappa shape index (κ3) is 5.71. The number of rotatable bonds is 8. The molecule has 0 aliphatic carbocycles. The highest BCUT2D eigenvalue weighted by atomic mass is 35.5. The molecule has 0 spiro atoms. The number of para-hydroxylation sites is 1. The van der Waals surface area contributed by atoms with Crippen molar-refractivity contribution in [2.24, 2.45) is 0 Å². The molecule has 0 heterocycles. The molecule has 1 atom stereocenters. The van der Waals surface area contributed by atoms with Crippen LogP contribution in [0.4, 0.5) is 5.69 Å². The maximum atomic E-state index is 12.9. The second-order valence-electron chi connectivity index (χ2n) is 6.40. The molecule has 0 saturated carbocycles. The first kappa shape index (κ1) is 22.7. The lowest BCUT2D eigenvalue weighted by molar-refractivity contribution is -0.124. The Bertz CT molecular complexity index is 980. The Morgan fingerprint density at radius 3 is 2.45 bits per heavy atom. The first-order valence-electron chi connectivity index (χ1n) is 8.96. The number of anilines is 1. The topological polar surface area (TPSA) is 92.8 Å². The van der Waals surface area contributed by atoms with E-state index < -0.39 is 28.5 Å². The zero-order valence-corrected chi connectivity index (χ0v) is 18.0. The van der Waals surface area contributed by atoms with E-state index in [1.807, 2.05) is 13.8 Å². The van der Waals surface area contributed by atoms with Crippen molar-refractivity contribution < 1.29 is 22.7 Å². The maximum absolute atomic E-state index is 12.9. The van der Waals surface area contributed by atoms with Crippen LogP contribution in [0.2, 0.25) is 5.02 Å². The predicted molar refractivity (Wildman–Crippen MR) is 112 cm³/mol. The number of amides is 1. The maximum Gasteiger partial charge on any atom is 0.340 e. The fourth-order valence-electron chi connectivity index (χ4n) is 2.38.